The molecule has 1 fully saturated rings. The molecule has 1 aliphatic heterocycles. The number of rotatable bonds is 6. The molecule has 2 amide bonds. The molecule has 0 spiro atoms. The molecular weight excluding hydrogens is 426 g/mol. The van der Waals surface area contributed by atoms with Crippen LogP contribution in [0.15, 0.2) is 48.5 Å². The Morgan fingerprint density at radius 1 is 1.00 bits per heavy atom. The second-order valence-electron chi connectivity index (χ2n) is 7.32. The summed E-state index contributed by atoms with van der Waals surface area (Å²) in [5.74, 6) is 0.825. The second kappa shape index (κ2) is 11.3. The first-order valence-electron chi connectivity index (χ1n) is 10.4. The maximum atomic E-state index is 12.7. The third kappa shape index (κ3) is 6.31. The number of ether oxygens (including phenoxy) is 2. The van der Waals surface area contributed by atoms with E-state index in [1.54, 1.807) is 56.7 Å². The lowest BCUT2D eigenvalue weighted by Gasteiger charge is -2.26. The van der Waals surface area contributed by atoms with Crippen LogP contribution in [0.25, 0.3) is 6.08 Å². The van der Waals surface area contributed by atoms with Crippen LogP contribution in [-0.2, 0) is 4.79 Å². The van der Waals surface area contributed by atoms with Gasteiger partial charge >= 0.3 is 0 Å². The number of benzene rings is 2. The predicted octanol–water partition coefficient (Wildman–Crippen LogP) is 3.86. The van der Waals surface area contributed by atoms with Gasteiger partial charge < -0.3 is 19.7 Å². The summed E-state index contributed by atoms with van der Waals surface area (Å²) < 4.78 is 10.5. The number of anilines is 1. The molecule has 1 aliphatic rings. The Morgan fingerprint density at radius 3 is 2.47 bits per heavy atom. The first-order chi connectivity index (χ1) is 15.5. The molecule has 2 N–H and O–H groups in total. The summed E-state index contributed by atoms with van der Waals surface area (Å²) >= 11 is 5.24. The number of hydrogen-bond acceptors (Lipinski definition) is 5. The van der Waals surface area contributed by atoms with E-state index in [9.17, 15) is 9.59 Å². The number of nitrogens with zero attached hydrogens (tertiary/aromatic N) is 1. The number of methoxy groups -OCH3 is 2. The molecule has 3 rings (SSSR count). The molecule has 2 aromatic rings. The van der Waals surface area contributed by atoms with Crippen molar-refractivity contribution in [1.29, 1.82) is 0 Å². The number of thiocarbonyl (C=S) groups is 1. The lowest BCUT2D eigenvalue weighted by Crippen LogP contribution is -2.35. The van der Waals surface area contributed by atoms with Gasteiger partial charge in [0.2, 0.25) is 5.91 Å². The van der Waals surface area contributed by atoms with Crippen LogP contribution in [0.5, 0.6) is 11.5 Å². The van der Waals surface area contributed by atoms with Crippen LogP contribution in [0.1, 0.15) is 35.2 Å². The van der Waals surface area contributed by atoms with Crippen molar-refractivity contribution in [3.05, 3.63) is 59.7 Å². The van der Waals surface area contributed by atoms with E-state index in [-0.39, 0.29) is 16.9 Å². The summed E-state index contributed by atoms with van der Waals surface area (Å²) in [6, 6.07) is 12.5. The second-order valence-corrected chi connectivity index (χ2v) is 7.73. The molecule has 0 bridgehead atoms. The Kier molecular flexibility index (Phi) is 8.21. The Labute approximate surface area is 193 Å². The van der Waals surface area contributed by atoms with Gasteiger partial charge in [-0.1, -0.05) is 12.1 Å². The van der Waals surface area contributed by atoms with E-state index in [0.717, 1.165) is 31.5 Å². The first kappa shape index (κ1) is 23.3. The molecule has 1 heterocycles. The fourth-order valence-corrected chi connectivity index (χ4v) is 3.67. The smallest absolute Gasteiger partial charge is 0.253 e. The molecule has 0 aliphatic carbocycles. The number of piperidine rings is 1. The van der Waals surface area contributed by atoms with Crippen LogP contribution in [-0.4, -0.2) is 49.1 Å². The maximum Gasteiger partial charge on any atom is 0.253 e. The van der Waals surface area contributed by atoms with Crippen LogP contribution in [0.4, 0.5) is 5.69 Å². The Morgan fingerprint density at radius 2 is 1.75 bits per heavy atom. The average molecular weight is 454 g/mol. The lowest BCUT2D eigenvalue weighted by atomic mass is 10.1. The number of nitrogens with one attached hydrogen (secondary N) is 2. The van der Waals surface area contributed by atoms with Crippen LogP contribution in [0.3, 0.4) is 0 Å². The van der Waals surface area contributed by atoms with E-state index >= 15 is 0 Å². The van der Waals surface area contributed by atoms with Gasteiger partial charge in [-0.3, -0.25) is 14.9 Å². The zero-order valence-electron chi connectivity index (χ0n) is 18.2. The van der Waals surface area contributed by atoms with Gasteiger partial charge in [-0.05, 0) is 73.5 Å². The van der Waals surface area contributed by atoms with E-state index in [1.807, 2.05) is 11.0 Å². The van der Waals surface area contributed by atoms with Gasteiger partial charge in [-0.15, -0.1) is 0 Å². The Balaban J connectivity index is 1.56. The summed E-state index contributed by atoms with van der Waals surface area (Å²) in [4.78, 5) is 26.8. The van der Waals surface area contributed by atoms with Crippen molar-refractivity contribution in [3.8, 4) is 11.5 Å². The number of amides is 2. The van der Waals surface area contributed by atoms with Crippen molar-refractivity contribution in [1.82, 2.24) is 10.2 Å². The standard InChI is InChI=1S/C24H27N3O4S/c1-30-20-11-9-17(15-21(20)31-2)10-12-22(28)26-24(32)25-19-8-6-7-18(16-19)23(29)27-13-4-3-5-14-27/h6-12,15-16H,3-5,13-14H2,1-2H3,(H2,25,26,28,32)/b12-10+. The van der Waals surface area contributed by atoms with Gasteiger partial charge in [0.1, 0.15) is 0 Å². The highest BCUT2D eigenvalue weighted by atomic mass is 32.1. The zero-order chi connectivity index (χ0) is 22.9. The normalized spacial score (nSPS) is 13.5. The fraction of sp³-hybridized carbons (Fsp3) is 0.292. The highest BCUT2D eigenvalue weighted by Gasteiger charge is 2.18. The highest BCUT2D eigenvalue weighted by Crippen LogP contribution is 2.27. The van der Waals surface area contributed by atoms with E-state index in [2.05, 4.69) is 10.6 Å². The van der Waals surface area contributed by atoms with Gasteiger partial charge in [0.05, 0.1) is 14.2 Å². The average Bonchev–Trinajstić information content (AvgIpc) is 2.82. The SMILES string of the molecule is COc1ccc(/C=C/C(=O)NC(=S)Nc2cccc(C(=O)N3CCCCC3)c2)cc1OC. The molecule has 2 aromatic carbocycles. The fourth-order valence-electron chi connectivity index (χ4n) is 3.45. The maximum absolute atomic E-state index is 12.7. The van der Waals surface area contributed by atoms with Crippen molar-refractivity contribution in [2.24, 2.45) is 0 Å². The minimum atomic E-state index is -0.377. The molecule has 0 aromatic heterocycles. The van der Waals surface area contributed by atoms with Gasteiger partial charge in [-0.2, -0.15) is 0 Å². The summed E-state index contributed by atoms with van der Waals surface area (Å²) in [5, 5.41) is 5.71. The van der Waals surface area contributed by atoms with Gasteiger partial charge in [0, 0.05) is 30.4 Å². The van der Waals surface area contributed by atoms with Crippen molar-refractivity contribution in [2.75, 3.05) is 32.6 Å². The van der Waals surface area contributed by atoms with Crippen LogP contribution in [0.2, 0.25) is 0 Å². The van der Waals surface area contributed by atoms with Gasteiger partial charge in [0.25, 0.3) is 5.91 Å². The van der Waals surface area contributed by atoms with E-state index in [1.165, 1.54) is 12.5 Å². The third-order valence-corrected chi connectivity index (χ3v) is 5.29. The summed E-state index contributed by atoms with van der Waals surface area (Å²) in [7, 11) is 3.12. The third-order valence-electron chi connectivity index (χ3n) is 5.08. The van der Waals surface area contributed by atoms with Crippen LogP contribution in [0, 0.1) is 0 Å². The largest absolute Gasteiger partial charge is 0.493 e. The molecule has 1 saturated heterocycles. The van der Waals surface area contributed by atoms with Gasteiger partial charge in [0.15, 0.2) is 16.6 Å². The van der Waals surface area contributed by atoms with Crippen molar-refractivity contribution < 1.29 is 19.1 Å². The number of likely N-dealkylation sites (tertiary alicyclic amines) is 1. The molecule has 7 nitrogen and oxygen atoms in total. The van der Waals surface area contributed by atoms with Crippen LogP contribution >= 0.6 is 12.2 Å². The Bertz CT molecular complexity index is 1020. The molecule has 0 unspecified atom stereocenters. The van der Waals surface area contributed by atoms with Crippen molar-refractivity contribution in [3.63, 3.8) is 0 Å². The number of carbonyl (C=O) groups excluding carboxylic acids is 2. The molecule has 0 saturated carbocycles. The quantitative estimate of drug-likeness (QED) is 0.511. The molecule has 8 heteroatoms. The van der Waals surface area contributed by atoms with E-state index < -0.39 is 0 Å². The molecule has 0 radical (unpaired) electrons. The molecule has 0 atom stereocenters. The summed E-state index contributed by atoms with van der Waals surface area (Å²) in [6.07, 6.45) is 6.27. The number of hydrogen-bond donors (Lipinski definition) is 2. The minimum Gasteiger partial charge on any atom is -0.493 e. The van der Waals surface area contributed by atoms with E-state index in [4.69, 9.17) is 21.7 Å². The predicted molar refractivity (Wildman–Crippen MR) is 129 cm³/mol. The monoisotopic (exact) mass is 453 g/mol. The van der Waals surface area contributed by atoms with Crippen LogP contribution < -0.4 is 20.1 Å². The molecular formula is C24H27N3O4S. The lowest BCUT2D eigenvalue weighted by molar-refractivity contribution is -0.115. The summed E-state index contributed by atoms with van der Waals surface area (Å²) in [5.41, 5.74) is 2.02. The topological polar surface area (TPSA) is 79.9 Å². The summed E-state index contributed by atoms with van der Waals surface area (Å²) in [6.45, 7) is 1.58. The minimum absolute atomic E-state index is 0.0150. The zero-order valence-corrected chi connectivity index (χ0v) is 19.0. The van der Waals surface area contributed by atoms with Crippen molar-refractivity contribution >= 4 is 40.9 Å². The number of carbonyl (C=O) groups is 2. The highest BCUT2D eigenvalue weighted by molar-refractivity contribution is 7.80. The Hall–Kier alpha value is -3.39. The van der Waals surface area contributed by atoms with Crippen molar-refractivity contribution in [2.45, 2.75) is 19.3 Å². The molecule has 168 valence electrons. The molecule has 32 heavy (non-hydrogen) atoms. The van der Waals surface area contributed by atoms with E-state index in [0.29, 0.717) is 22.7 Å². The van der Waals surface area contributed by atoms with Gasteiger partial charge in [-0.25, -0.2) is 0 Å². The first-order valence-corrected chi connectivity index (χ1v) is 10.8.